The standard InChI is InChI=1S/C21H19ClFNO5/c1-11-12-7-8-17(27-2)20(28-3)19(12)29-21(26)13(11)9-18(25)24-10-14-15(22)5-4-6-16(14)23/h4-8H,9-10H2,1-3H3,(H,24,25). The Labute approximate surface area is 171 Å². The lowest BCUT2D eigenvalue weighted by Gasteiger charge is -2.13. The summed E-state index contributed by atoms with van der Waals surface area (Å²) in [7, 11) is 2.93. The van der Waals surface area contributed by atoms with Crippen LogP contribution in [0.5, 0.6) is 11.5 Å². The molecule has 0 saturated carbocycles. The summed E-state index contributed by atoms with van der Waals surface area (Å²) in [4.78, 5) is 24.9. The van der Waals surface area contributed by atoms with Crippen LogP contribution in [0, 0.1) is 12.7 Å². The maximum Gasteiger partial charge on any atom is 0.340 e. The summed E-state index contributed by atoms with van der Waals surface area (Å²) < 4.78 is 29.8. The number of rotatable bonds is 6. The monoisotopic (exact) mass is 419 g/mol. The number of carbonyl (C=O) groups is 1. The van der Waals surface area contributed by atoms with Crippen LogP contribution in [0.25, 0.3) is 11.0 Å². The van der Waals surface area contributed by atoms with Gasteiger partial charge in [0.15, 0.2) is 11.3 Å². The molecule has 3 rings (SSSR count). The number of methoxy groups -OCH3 is 2. The van der Waals surface area contributed by atoms with E-state index in [2.05, 4.69) is 5.32 Å². The molecule has 0 aliphatic rings. The van der Waals surface area contributed by atoms with Crippen LogP contribution >= 0.6 is 11.6 Å². The fourth-order valence-corrected chi connectivity index (χ4v) is 3.31. The molecule has 0 aliphatic carbocycles. The second-order valence-corrected chi connectivity index (χ2v) is 6.73. The van der Waals surface area contributed by atoms with Gasteiger partial charge in [-0.15, -0.1) is 0 Å². The summed E-state index contributed by atoms with van der Waals surface area (Å²) in [5, 5.41) is 3.43. The molecule has 0 bridgehead atoms. The van der Waals surface area contributed by atoms with Gasteiger partial charge in [-0.1, -0.05) is 17.7 Å². The van der Waals surface area contributed by atoms with E-state index >= 15 is 0 Å². The average Bonchev–Trinajstić information content (AvgIpc) is 2.69. The Balaban J connectivity index is 1.88. The van der Waals surface area contributed by atoms with Gasteiger partial charge in [0.25, 0.3) is 0 Å². The minimum atomic E-state index is -0.652. The Bertz CT molecular complexity index is 1120. The second-order valence-electron chi connectivity index (χ2n) is 6.32. The topological polar surface area (TPSA) is 77.8 Å². The molecule has 0 unspecified atom stereocenters. The molecule has 1 amide bonds. The largest absolute Gasteiger partial charge is 0.493 e. The number of carbonyl (C=O) groups excluding carboxylic acids is 1. The van der Waals surface area contributed by atoms with Crippen LogP contribution in [-0.2, 0) is 17.8 Å². The van der Waals surface area contributed by atoms with Gasteiger partial charge in [0, 0.05) is 22.5 Å². The van der Waals surface area contributed by atoms with Crippen molar-refractivity contribution < 1.29 is 23.1 Å². The van der Waals surface area contributed by atoms with E-state index in [0.717, 1.165) is 0 Å². The minimum absolute atomic E-state index is 0.0900. The minimum Gasteiger partial charge on any atom is -0.493 e. The summed E-state index contributed by atoms with van der Waals surface area (Å²) in [6.45, 7) is 1.63. The molecule has 152 valence electrons. The van der Waals surface area contributed by atoms with Crippen molar-refractivity contribution in [1.29, 1.82) is 0 Å². The molecule has 0 aliphatic heterocycles. The van der Waals surface area contributed by atoms with Crippen LogP contribution < -0.4 is 20.4 Å². The molecule has 1 aromatic heterocycles. The highest BCUT2D eigenvalue weighted by molar-refractivity contribution is 6.31. The molecule has 29 heavy (non-hydrogen) atoms. The molecule has 0 fully saturated rings. The van der Waals surface area contributed by atoms with Crippen LogP contribution in [0.2, 0.25) is 5.02 Å². The number of fused-ring (bicyclic) bond motifs is 1. The first-order chi connectivity index (χ1) is 13.9. The Morgan fingerprint density at radius 2 is 1.93 bits per heavy atom. The average molecular weight is 420 g/mol. The van der Waals surface area contributed by atoms with Gasteiger partial charge in [0.1, 0.15) is 5.82 Å². The first kappa shape index (κ1) is 20.7. The first-order valence-electron chi connectivity index (χ1n) is 8.74. The number of hydrogen-bond acceptors (Lipinski definition) is 5. The van der Waals surface area contributed by atoms with Crippen LogP contribution in [0.4, 0.5) is 4.39 Å². The molecule has 8 heteroatoms. The van der Waals surface area contributed by atoms with E-state index in [0.29, 0.717) is 22.4 Å². The van der Waals surface area contributed by atoms with Crippen molar-refractivity contribution in [2.45, 2.75) is 19.9 Å². The van der Waals surface area contributed by atoms with Crippen LogP contribution in [0.15, 0.2) is 39.5 Å². The Hall–Kier alpha value is -3.06. The van der Waals surface area contributed by atoms with Crippen LogP contribution in [0.1, 0.15) is 16.7 Å². The van der Waals surface area contributed by atoms with Gasteiger partial charge in [-0.05, 0) is 36.8 Å². The van der Waals surface area contributed by atoms with Gasteiger partial charge < -0.3 is 19.2 Å². The molecule has 2 aromatic carbocycles. The third-order valence-electron chi connectivity index (χ3n) is 4.66. The number of halogens is 2. The first-order valence-corrected chi connectivity index (χ1v) is 9.12. The highest BCUT2D eigenvalue weighted by atomic mass is 35.5. The van der Waals surface area contributed by atoms with Gasteiger partial charge >= 0.3 is 5.63 Å². The van der Waals surface area contributed by atoms with E-state index in [1.54, 1.807) is 19.1 Å². The normalized spacial score (nSPS) is 10.8. The molecule has 0 atom stereocenters. The Kier molecular flexibility index (Phi) is 6.08. The summed E-state index contributed by atoms with van der Waals surface area (Å²) in [5.74, 6) is -0.245. The zero-order valence-corrected chi connectivity index (χ0v) is 16.9. The van der Waals surface area contributed by atoms with E-state index in [1.807, 2.05) is 0 Å². The van der Waals surface area contributed by atoms with Gasteiger partial charge in [-0.3, -0.25) is 4.79 Å². The lowest BCUT2D eigenvalue weighted by atomic mass is 10.0. The smallest absolute Gasteiger partial charge is 0.340 e. The highest BCUT2D eigenvalue weighted by Gasteiger charge is 2.19. The summed E-state index contributed by atoms with van der Waals surface area (Å²) in [6.07, 6.45) is -0.218. The lowest BCUT2D eigenvalue weighted by Crippen LogP contribution is -2.28. The Morgan fingerprint density at radius 3 is 2.59 bits per heavy atom. The number of aryl methyl sites for hydroxylation is 1. The fraction of sp³-hybridized carbons (Fsp3) is 0.238. The Morgan fingerprint density at radius 1 is 1.17 bits per heavy atom. The highest BCUT2D eigenvalue weighted by Crippen LogP contribution is 2.36. The van der Waals surface area contributed by atoms with Gasteiger partial charge in [0.2, 0.25) is 11.7 Å². The fourth-order valence-electron chi connectivity index (χ4n) is 3.08. The second kappa shape index (κ2) is 8.53. The maximum absolute atomic E-state index is 13.8. The molecule has 0 spiro atoms. The van der Waals surface area contributed by atoms with Crippen LogP contribution in [-0.4, -0.2) is 20.1 Å². The predicted octanol–water partition coefficient (Wildman–Crippen LogP) is 3.77. The number of ether oxygens (including phenoxy) is 2. The van der Waals surface area contributed by atoms with E-state index in [4.69, 9.17) is 25.5 Å². The summed E-state index contributed by atoms with van der Waals surface area (Å²) >= 11 is 5.96. The van der Waals surface area contributed by atoms with Crippen molar-refractivity contribution in [1.82, 2.24) is 5.32 Å². The SMILES string of the molecule is COc1ccc2c(C)c(CC(=O)NCc3c(F)cccc3Cl)c(=O)oc2c1OC. The predicted molar refractivity (Wildman–Crippen MR) is 107 cm³/mol. The third kappa shape index (κ3) is 4.05. The summed E-state index contributed by atoms with van der Waals surface area (Å²) in [5.41, 5.74) is 0.581. The van der Waals surface area contributed by atoms with Crippen molar-refractivity contribution in [3.05, 3.63) is 68.3 Å². The molecule has 3 aromatic rings. The van der Waals surface area contributed by atoms with Crippen molar-refractivity contribution in [3.63, 3.8) is 0 Å². The van der Waals surface area contributed by atoms with Gasteiger partial charge in [0.05, 0.1) is 26.2 Å². The van der Waals surface area contributed by atoms with Crippen molar-refractivity contribution in [3.8, 4) is 11.5 Å². The molecule has 0 saturated heterocycles. The van der Waals surface area contributed by atoms with Crippen molar-refractivity contribution in [2.75, 3.05) is 14.2 Å². The quantitative estimate of drug-likeness (QED) is 0.615. The van der Waals surface area contributed by atoms with Crippen LogP contribution in [0.3, 0.4) is 0 Å². The number of hydrogen-bond donors (Lipinski definition) is 1. The van der Waals surface area contributed by atoms with E-state index in [1.165, 1.54) is 32.4 Å². The van der Waals surface area contributed by atoms with Crippen molar-refractivity contribution >= 4 is 28.5 Å². The van der Waals surface area contributed by atoms with E-state index in [9.17, 15) is 14.0 Å². The van der Waals surface area contributed by atoms with E-state index < -0.39 is 17.3 Å². The summed E-state index contributed by atoms with van der Waals surface area (Å²) in [6, 6.07) is 7.70. The third-order valence-corrected chi connectivity index (χ3v) is 5.01. The zero-order chi connectivity index (χ0) is 21.1. The van der Waals surface area contributed by atoms with Gasteiger partial charge in [-0.2, -0.15) is 0 Å². The van der Waals surface area contributed by atoms with E-state index in [-0.39, 0.29) is 34.7 Å². The molecule has 1 heterocycles. The number of amides is 1. The molecule has 0 radical (unpaired) electrons. The number of nitrogens with one attached hydrogen (secondary N) is 1. The number of benzene rings is 2. The van der Waals surface area contributed by atoms with Gasteiger partial charge in [-0.25, -0.2) is 9.18 Å². The van der Waals surface area contributed by atoms with Crippen molar-refractivity contribution in [2.24, 2.45) is 0 Å². The molecule has 1 N–H and O–H groups in total. The lowest BCUT2D eigenvalue weighted by molar-refractivity contribution is -0.120. The maximum atomic E-state index is 13.8. The molecular formula is C21H19ClFNO5. The molecule has 6 nitrogen and oxygen atoms in total. The molecular weight excluding hydrogens is 401 g/mol. The zero-order valence-electron chi connectivity index (χ0n) is 16.1.